The highest BCUT2D eigenvalue weighted by Crippen LogP contribution is 2.40. The van der Waals surface area contributed by atoms with Gasteiger partial charge in [0.2, 0.25) is 0 Å². The summed E-state index contributed by atoms with van der Waals surface area (Å²) in [6.45, 7) is 2.08. The Kier molecular flexibility index (Phi) is 4.92. The number of halogens is 1. The highest BCUT2D eigenvalue weighted by atomic mass is 35.5. The lowest BCUT2D eigenvalue weighted by Gasteiger charge is -2.06. The minimum absolute atomic E-state index is 0.622. The number of nitrogen functional groups attached to an aromatic ring is 1. The molecule has 0 unspecified atom stereocenters. The van der Waals surface area contributed by atoms with Gasteiger partial charge in [0, 0.05) is 15.5 Å². The largest absolute Gasteiger partial charge is 0.383 e. The van der Waals surface area contributed by atoms with Gasteiger partial charge in [-0.25, -0.2) is 4.68 Å². The third-order valence-electron chi connectivity index (χ3n) is 4.24. The smallest absolute Gasteiger partial charge is 0.141 e. The summed E-state index contributed by atoms with van der Waals surface area (Å²) in [5, 5.41) is 5.52. The molecule has 0 aliphatic heterocycles. The second kappa shape index (κ2) is 7.51. The Labute approximate surface area is 167 Å². The summed E-state index contributed by atoms with van der Waals surface area (Å²) in [4.78, 5) is 2.06. The summed E-state index contributed by atoms with van der Waals surface area (Å²) < 4.78 is 1.79. The van der Waals surface area contributed by atoms with Crippen LogP contribution in [0.1, 0.15) is 5.56 Å². The Bertz CT molecular complexity index is 1060. The first-order valence-corrected chi connectivity index (χ1v) is 9.75. The molecule has 4 aromatic rings. The molecule has 0 radical (unpaired) electrons. The number of hydrogen-bond donors (Lipinski definition) is 1. The van der Waals surface area contributed by atoms with E-state index in [0.717, 1.165) is 26.7 Å². The van der Waals surface area contributed by atoms with Crippen molar-refractivity contribution >= 4 is 29.2 Å². The molecule has 0 amide bonds. The van der Waals surface area contributed by atoms with Crippen molar-refractivity contribution in [3.05, 3.63) is 89.4 Å². The van der Waals surface area contributed by atoms with Gasteiger partial charge in [0.1, 0.15) is 11.5 Å². The van der Waals surface area contributed by atoms with Crippen molar-refractivity contribution in [2.24, 2.45) is 0 Å². The lowest BCUT2D eigenvalue weighted by Crippen LogP contribution is -2.01. The summed E-state index contributed by atoms with van der Waals surface area (Å²) in [7, 11) is 0. The predicted molar refractivity (Wildman–Crippen MR) is 114 cm³/mol. The normalized spacial score (nSPS) is 10.9. The zero-order valence-corrected chi connectivity index (χ0v) is 16.3. The molecule has 5 heteroatoms. The summed E-state index contributed by atoms with van der Waals surface area (Å²) in [5.41, 5.74) is 10.5. The van der Waals surface area contributed by atoms with Crippen molar-refractivity contribution in [3.63, 3.8) is 0 Å². The molecule has 0 saturated carbocycles. The molecule has 134 valence electrons. The van der Waals surface area contributed by atoms with Crippen molar-refractivity contribution in [2.75, 3.05) is 5.73 Å². The van der Waals surface area contributed by atoms with E-state index in [1.807, 2.05) is 54.6 Å². The van der Waals surface area contributed by atoms with Gasteiger partial charge < -0.3 is 5.73 Å². The van der Waals surface area contributed by atoms with Crippen LogP contribution in [0.3, 0.4) is 0 Å². The number of benzene rings is 3. The topological polar surface area (TPSA) is 43.8 Å². The summed E-state index contributed by atoms with van der Waals surface area (Å²) in [5.74, 6) is 0.622. The maximum absolute atomic E-state index is 6.53. The molecule has 0 fully saturated rings. The van der Waals surface area contributed by atoms with Gasteiger partial charge in [-0.05, 0) is 43.3 Å². The molecule has 0 spiro atoms. The fraction of sp³-hybridized carbons (Fsp3) is 0.0455. The lowest BCUT2D eigenvalue weighted by atomic mass is 10.1. The van der Waals surface area contributed by atoms with E-state index in [0.29, 0.717) is 10.8 Å². The molecular formula is C22H18ClN3S. The number of aromatic nitrogens is 2. The second-order valence-corrected chi connectivity index (χ2v) is 7.75. The van der Waals surface area contributed by atoms with Crippen LogP contribution in [0, 0.1) is 6.92 Å². The Morgan fingerprint density at radius 2 is 1.56 bits per heavy atom. The van der Waals surface area contributed by atoms with Crippen LogP contribution in [0.25, 0.3) is 16.9 Å². The quantitative estimate of drug-likeness (QED) is 0.448. The van der Waals surface area contributed by atoms with Gasteiger partial charge in [-0.15, -0.1) is 0 Å². The van der Waals surface area contributed by atoms with Crippen LogP contribution in [-0.4, -0.2) is 9.78 Å². The molecule has 3 aromatic carbocycles. The number of hydrogen-bond acceptors (Lipinski definition) is 3. The van der Waals surface area contributed by atoms with Gasteiger partial charge >= 0.3 is 0 Å². The van der Waals surface area contributed by atoms with Crippen LogP contribution in [0.15, 0.2) is 88.7 Å². The van der Waals surface area contributed by atoms with Gasteiger partial charge in [0.05, 0.1) is 10.6 Å². The Hall–Kier alpha value is -2.69. The molecule has 4 rings (SSSR count). The van der Waals surface area contributed by atoms with Gasteiger partial charge in [-0.3, -0.25) is 0 Å². The van der Waals surface area contributed by atoms with Gasteiger partial charge in [-0.1, -0.05) is 71.4 Å². The van der Waals surface area contributed by atoms with E-state index in [9.17, 15) is 0 Å². The Morgan fingerprint density at radius 1 is 0.889 bits per heavy atom. The molecular weight excluding hydrogens is 374 g/mol. The minimum atomic E-state index is 0.622. The number of anilines is 1. The van der Waals surface area contributed by atoms with E-state index in [1.54, 1.807) is 16.4 Å². The highest BCUT2D eigenvalue weighted by Gasteiger charge is 2.19. The van der Waals surface area contributed by atoms with Crippen molar-refractivity contribution in [1.82, 2.24) is 9.78 Å². The molecule has 1 heterocycles. The molecule has 0 aliphatic carbocycles. The second-order valence-electron chi connectivity index (χ2n) is 6.23. The fourth-order valence-electron chi connectivity index (χ4n) is 2.80. The Balaban J connectivity index is 1.85. The summed E-state index contributed by atoms with van der Waals surface area (Å²) in [6, 6.07) is 26.0. The van der Waals surface area contributed by atoms with E-state index < -0.39 is 0 Å². The molecule has 0 saturated heterocycles. The van der Waals surface area contributed by atoms with E-state index in [4.69, 9.17) is 22.4 Å². The zero-order valence-electron chi connectivity index (χ0n) is 14.8. The fourth-order valence-corrected chi connectivity index (χ4v) is 3.88. The highest BCUT2D eigenvalue weighted by molar-refractivity contribution is 7.99. The van der Waals surface area contributed by atoms with Gasteiger partial charge in [0.25, 0.3) is 0 Å². The summed E-state index contributed by atoms with van der Waals surface area (Å²) >= 11 is 7.68. The maximum Gasteiger partial charge on any atom is 0.141 e. The average Bonchev–Trinajstić information content (AvgIpc) is 3.01. The number of aryl methyl sites for hydroxylation is 1. The first kappa shape index (κ1) is 17.7. The molecule has 0 aliphatic rings. The Morgan fingerprint density at radius 3 is 2.22 bits per heavy atom. The maximum atomic E-state index is 6.53. The standard InChI is InChI=1S/C22H18ClN3S/c1-15-7-13-19(14-8-15)27-21-20(16-9-11-17(23)12-10-16)25-26(22(21)24)18-5-3-2-4-6-18/h2-14H,24H2,1H3. The number of rotatable bonds is 4. The molecule has 27 heavy (non-hydrogen) atoms. The zero-order chi connectivity index (χ0) is 18.8. The number of nitrogens with two attached hydrogens (primary N) is 1. The number of nitrogens with zero attached hydrogens (tertiary/aromatic N) is 2. The van der Waals surface area contributed by atoms with Crippen LogP contribution < -0.4 is 5.73 Å². The lowest BCUT2D eigenvalue weighted by molar-refractivity contribution is 0.895. The molecule has 0 atom stereocenters. The first-order chi connectivity index (χ1) is 13.1. The SMILES string of the molecule is Cc1ccc(Sc2c(-c3ccc(Cl)cc3)nn(-c3ccccc3)c2N)cc1. The van der Waals surface area contributed by atoms with E-state index >= 15 is 0 Å². The predicted octanol–water partition coefficient (Wildman–Crippen LogP) is 6.23. The van der Waals surface area contributed by atoms with Crippen molar-refractivity contribution in [2.45, 2.75) is 16.7 Å². The number of para-hydroxylation sites is 1. The van der Waals surface area contributed by atoms with Gasteiger partial charge in [0.15, 0.2) is 0 Å². The minimum Gasteiger partial charge on any atom is -0.383 e. The van der Waals surface area contributed by atoms with E-state index in [-0.39, 0.29) is 0 Å². The van der Waals surface area contributed by atoms with Crippen molar-refractivity contribution in [3.8, 4) is 16.9 Å². The van der Waals surface area contributed by atoms with Crippen molar-refractivity contribution in [1.29, 1.82) is 0 Å². The van der Waals surface area contributed by atoms with Crippen molar-refractivity contribution < 1.29 is 0 Å². The van der Waals surface area contributed by atoms with Crippen LogP contribution in [0.2, 0.25) is 5.02 Å². The van der Waals surface area contributed by atoms with E-state index in [2.05, 4.69) is 31.2 Å². The monoisotopic (exact) mass is 391 g/mol. The van der Waals surface area contributed by atoms with Gasteiger partial charge in [-0.2, -0.15) is 5.10 Å². The van der Waals surface area contributed by atoms with Crippen LogP contribution in [0.4, 0.5) is 5.82 Å². The molecule has 2 N–H and O–H groups in total. The van der Waals surface area contributed by atoms with Crippen LogP contribution in [0.5, 0.6) is 0 Å². The first-order valence-electron chi connectivity index (χ1n) is 8.56. The molecule has 1 aromatic heterocycles. The summed E-state index contributed by atoms with van der Waals surface area (Å²) in [6.07, 6.45) is 0. The third-order valence-corrected chi connectivity index (χ3v) is 5.60. The molecule has 0 bridgehead atoms. The van der Waals surface area contributed by atoms with Crippen LogP contribution in [-0.2, 0) is 0 Å². The average molecular weight is 392 g/mol. The van der Waals surface area contributed by atoms with E-state index in [1.165, 1.54) is 5.56 Å². The van der Waals surface area contributed by atoms with Crippen LogP contribution >= 0.6 is 23.4 Å². The third kappa shape index (κ3) is 3.72. The molecule has 3 nitrogen and oxygen atoms in total.